The number of amides is 1. The lowest BCUT2D eigenvalue weighted by Crippen LogP contribution is -2.15. The van der Waals surface area contributed by atoms with Gasteiger partial charge in [0.05, 0.1) is 5.69 Å². The largest absolute Gasteiger partial charge is 0.326 e. The fraction of sp³-hybridized carbons (Fsp3) is 0.400. The smallest absolute Gasteiger partial charge is 0.224 e. The topological polar surface area (TPSA) is 71.8 Å². The molecule has 1 aromatic heterocycles. The fourth-order valence-electron chi connectivity index (χ4n) is 2.56. The third-order valence-corrected chi connectivity index (χ3v) is 3.78. The number of hydrogen-bond donors (Lipinski definition) is 2. The average molecular weight is 285 g/mol. The molecule has 1 aliphatic heterocycles. The molecule has 2 aromatic rings. The zero-order chi connectivity index (χ0) is 14.5. The van der Waals surface area contributed by atoms with E-state index in [0.29, 0.717) is 12.3 Å². The molecule has 0 spiro atoms. The maximum absolute atomic E-state index is 11.9. The van der Waals surface area contributed by atoms with Gasteiger partial charge in [0.15, 0.2) is 0 Å². The van der Waals surface area contributed by atoms with Crippen molar-refractivity contribution in [3.63, 3.8) is 0 Å². The summed E-state index contributed by atoms with van der Waals surface area (Å²) in [5.74, 6) is 0.723. The van der Waals surface area contributed by atoms with Gasteiger partial charge in [0.1, 0.15) is 12.7 Å². The van der Waals surface area contributed by atoms with E-state index in [1.54, 1.807) is 11.0 Å². The molecule has 2 heterocycles. The molecule has 1 aliphatic rings. The molecule has 1 amide bonds. The normalized spacial score (nSPS) is 17.8. The van der Waals surface area contributed by atoms with Crippen molar-refractivity contribution in [1.29, 1.82) is 0 Å². The first kappa shape index (κ1) is 13.8. The van der Waals surface area contributed by atoms with Crippen LogP contribution in [0.2, 0.25) is 0 Å². The van der Waals surface area contributed by atoms with E-state index in [0.717, 1.165) is 30.9 Å². The highest BCUT2D eigenvalue weighted by Gasteiger charge is 2.15. The molecule has 1 aromatic carbocycles. The van der Waals surface area contributed by atoms with Gasteiger partial charge in [-0.2, -0.15) is 5.10 Å². The molecule has 1 unspecified atom stereocenters. The molecule has 0 radical (unpaired) electrons. The molecule has 3 rings (SSSR count). The van der Waals surface area contributed by atoms with Gasteiger partial charge in [-0.1, -0.05) is 0 Å². The SMILES string of the molecule is O=C(CCC1CCNC1)Nc1ccc(-n2cncn2)cc1. The number of carbonyl (C=O) groups excluding carboxylic acids is 1. The Morgan fingerprint density at radius 1 is 1.38 bits per heavy atom. The van der Waals surface area contributed by atoms with Crippen molar-refractivity contribution in [2.24, 2.45) is 5.92 Å². The minimum absolute atomic E-state index is 0.0791. The molecule has 0 bridgehead atoms. The summed E-state index contributed by atoms with van der Waals surface area (Å²) in [5.41, 5.74) is 1.73. The van der Waals surface area contributed by atoms with E-state index in [4.69, 9.17) is 0 Å². The van der Waals surface area contributed by atoms with Crippen molar-refractivity contribution in [2.75, 3.05) is 18.4 Å². The van der Waals surface area contributed by atoms with E-state index in [-0.39, 0.29) is 5.91 Å². The van der Waals surface area contributed by atoms with Gasteiger partial charge in [0.2, 0.25) is 5.91 Å². The number of aromatic nitrogens is 3. The lowest BCUT2D eigenvalue weighted by atomic mass is 10.0. The molecule has 1 atom stereocenters. The highest BCUT2D eigenvalue weighted by molar-refractivity contribution is 5.90. The van der Waals surface area contributed by atoms with E-state index in [2.05, 4.69) is 20.7 Å². The van der Waals surface area contributed by atoms with Crippen LogP contribution in [0.1, 0.15) is 19.3 Å². The summed E-state index contributed by atoms with van der Waals surface area (Å²) in [4.78, 5) is 15.8. The van der Waals surface area contributed by atoms with Crippen LogP contribution >= 0.6 is 0 Å². The summed E-state index contributed by atoms with van der Waals surface area (Å²) in [7, 11) is 0. The number of rotatable bonds is 5. The summed E-state index contributed by atoms with van der Waals surface area (Å²) in [5, 5.41) is 10.3. The van der Waals surface area contributed by atoms with Crippen LogP contribution in [0.5, 0.6) is 0 Å². The Hall–Kier alpha value is -2.21. The van der Waals surface area contributed by atoms with Crippen molar-refractivity contribution in [3.05, 3.63) is 36.9 Å². The molecule has 1 saturated heterocycles. The Kier molecular flexibility index (Phi) is 4.25. The molecule has 0 saturated carbocycles. The van der Waals surface area contributed by atoms with E-state index in [1.807, 2.05) is 24.3 Å². The predicted molar refractivity (Wildman–Crippen MR) is 80.2 cm³/mol. The third kappa shape index (κ3) is 3.66. The number of nitrogens with zero attached hydrogens (tertiary/aromatic N) is 3. The van der Waals surface area contributed by atoms with Crippen LogP contribution in [-0.4, -0.2) is 33.8 Å². The molecule has 2 N–H and O–H groups in total. The van der Waals surface area contributed by atoms with Crippen LogP contribution in [0.4, 0.5) is 5.69 Å². The number of hydrogen-bond acceptors (Lipinski definition) is 4. The maximum atomic E-state index is 11.9. The lowest BCUT2D eigenvalue weighted by Gasteiger charge is -2.09. The van der Waals surface area contributed by atoms with Crippen LogP contribution < -0.4 is 10.6 Å². The van der Waals surface area contributed by atoms with Crippen LogP contribution in [-0.2, 0) is 4.79 Å². The average Bonchev–Trinajstić information content (AvgIpc) is 3.19. The highest BCUT2D eigenvalue weighted by atomic mass is 16.1. The second-order valence-corrected chi connectivity index (χ2v) is 5.33. The quantitative estimate of drug-likeness (QED) is 0.875. The molecule has 110 valence electrons. The Bertz CT molecular complexity index is 573. The van der Waals surface area contributed by atoms with Gasteiger partial charge in [-0.3, -0.25) is 4.79 Å². The lowest BCUT2D eigenvalue weighted by molar-refractivity contribution is -0.116. The summed E-state index contributed by atoms with van der Waals surface area (Å²) < 4.78 is 1.68. The van der Waals surface area contributed by atoms with E-state index < -0.39 is 0 Å². The summed E-state index contributed by atoms with van der Waals surface area (Å²) >= 11 is 0. The molecule has 21 heavy (non-hydrogen) atoms. The van der Waals surface area contributed by atoms with Gasteiger partial charge >= 0.3 is 0 Å². The van der Waals surface area contributed by atoms with Crippen molar-refractivity contribution in [2.45, 2.75) is 19.3 Å². The van der Waals surface area contributed by atoms with Gasteiger partial charge in [-0.05, 0) is 56.1 Å². The van der Waals surface area contributed by atoms with Crippen LogP contribution in [0, 0.1) is 5.92 Å². The number of benzene rings is 1. The Morgan fingerprint density at radius 2 is 2.24 bits per heavy atom. The third-order valence-electron chi connectivity index (χ3n) is 3.78. The van der Waals surface area contributed by atoms with Gasteiger partial charge < -0.3 is 10.6 Å². The number of nitrogens with one attached hydrogen (secondary N) is 2. The van der Waals surface area contributed by atoms with Crippen molar-refractivity contribution in [1.82, 2.24) is 20.1 Å². The summed E-state index contributed by atoms with van der Waals surface area (Å²) in [6, 6.07) is 7.58. The van der Waals surface area contributed by atoms with Gasteiger partial charge in [-0.25, -0.2) is 9.67 Å². The molecule has 1 fully saturated rings. The first-order chi connectivity index (χ1) is 10.3. The monoisotopic (exact) mass is 285 g/mol. The van der Waals surface area contributed by atoms with Crippen LogP contribution in [0.15, 0.2) is 36.9 Å². The van der Waals surface area contributed by atoms with E-state index in [1.165, 1.54) is 12.7 Å². The van der Waals surface area contributed by atoms with Crippen molar-refractivity contribution in [3.8, 4) is 5.69 Å². The van der Waals surface area contributed by atoms with Crippen LogP contribution in [0.3, 0.4) is 0 Å². The van der Waals surface area contributed by atoms with Crippen molar-refractivity contribution >= 4 is 11.6 Å². The molecule has 6 nitrogen and oxygen atoms in total. The summed E-state index contributed by atoms with van der Waals surface area (Å²) in [6.07, 6.45) is 5.85. The zero-order valence-corrected chi connectivity index (χ0v) is 11.8. The minimum Gasteiger partial charge on any atom is -0.326 e. The number of carbonyl (C=O) groups is 1. The second-order valence-electron chi connectivity index (χ2n) is 5.33. The molecule has 0 aliphatic carbocycles. The van der Waals surface area contributed by atoms with E-state index in [9.17, 15) is 4.79 Å². The zero-order valence-electron chi connectivity index (χ0n) is 11.8. The Labute approximate surface area is 123 Å². The molecular weight excluding hydrogens is 266 g/mol. The molecular formula is C15H19N5O. The first-order valence-electron chi connectivity index (χ1n) is 7.27. The Morgan fingerprint density at radius 3 is 2.90 bits per heavy atom. The standard InChI is InChI=1S/C15H19N5O/c21-15(6-1-12-7-8-16-9-12)19-13-2-4-14(5-3-13)20-11-17-10-18-20/h2-5,10-12,16H,1,6-9H2,(H,19,21). The van der Waals surface area contributed by atoms with Gasteiger partial charge in [0.25, 0.3) is 0 Å². The second kappa shape index (κ2) is 6.49. The maximum Gasteiger partial charge on any atom is 0.224 e. The van der Waals surface area contributed by atoms with Crippen LogP contribution in [0.25, 0.3) is 5.69 Å². The van der Waals surface area contributed by atoms with Crippen molar-refractivity contribution < 1.29 is 4.79 Å². The van der Waals surface area contributed by atoms with Gasteiger partial charge in [0, 0.05) is 12.1 Å². The molecule has 6 heteroatoms. The minimum atomic E-state index is 0.0791. The highest BCUT2D eigenvalue weighted by Crippen LogP contribution is 2.16. The fourth-order valence-corrected chi connectivity index (χ4v) is 2.56. The number of anilines is 1. The van der Waals surface area contributed by atoms with E-state index >= 15 is 0 Å². The predicted octanol–water partition coefficient (Wildman–Crippen LogP) is 1.60. The van der Waals surface area contributed by atoms with Gasteiger partial charge in [-0.15, -0.1) is 0 Å². The first-order valence-corrected chi connectivity index (χ1v) is 7.27. The Balaban J connectivity index is 1.51. The summed E-state index contributed by atoms with van der Waals surface area (Å²) in [6.45, 7) is 2.12.